The van der Waals surface area contributed by atoms with Crippen LogP contribution >= 0.6 is 0 Å². The fourth-order valence-electron chi connectivity index (χ4n) is 6.97. The molecule has 0 spiro atoms. The summed E-state index contributed by atoms with van der Waals surface area (Å²) in [4.78, 5) is 10.2. The highest BCUT2D eigenvalue weighted by molar-refractivity contribution is 6.95. The molecular formula is C40H27BN4. The molecule has 0 aliphatic carbocycles. The van der Waals surface area contributed by atoms with Crippen LogP contribution in [0.15, 0.2) is 164 Å². The zero-order valence-corrected chi connectivity index (χ0v) is 24.5. The van der Waals surface area contributed by atoms with Crippen LogP contribution in [0.3, 0.4) is 0 Å². The number of para-hydroxylation sites is 3. The van der Waals surface area contributed by atoms with Crippen LogP contribution in [0.4, 0.5) is 0 Å². The summed E-state index contributed by atoms with van der Waals surface area (Å²) >= 11 is 0. The first-order valence-corrected chi connectivity index (χ1v) is 15.3. The van der Waals surface area contributed by atoms with Crippen LogP contribution in [0.2, 0.25) is 0 Å². The van der Waals surface area contributed by atoms with Crippen molar-refractivity contribution in [1.29, 1.82) is 0 Å². The molecule has 0 atom stereocenters. The monoisotopic (exact) mass is 574 g/mol. The zero-order valence-electron chi connectivity index (χ0n) is 24.5. The van der Waals surface area contributed by atoms with E-state index in [1.54, 1.807) is 0 Å². The summed E-state index contributed by atoms with van der Waals surface area (Å²) in [5, 5.41) is 4.88. The van der Waals surface area contributed by atoms with Gasteiger partial charge in [0.05, 0.1) is 22.1 Å². The molecule has 0 aliphatic heterocycles. The highest BCUT2D eigenvalue weighted by atomic mass is 15.1. The molecule has 210 valence electrons. The van der Waals surface area contributed by atoms with Gasteiger partial charge in [0, 0.05) is 33.3 Å². The number of rotatable bonds is 5. The van der Waals surface area contributed by atoms with Crippen molar-refractivity contribution in [2.45, 2.75) is 0 Å². The minimum atomic E-state index is -0.0705. The van der Waals surface area contributed by atoms with E-state index in [1.165, 1.54) is 32.5 Å². The molecule has 0 radical (unpaired) electrons. The molecule has 9 aromatic rings. The number of aromatic nitrogens is 4. The quantitative estimate of drug-likeness (QED) is 0.204. The molecule has 45 heavy (non-hydrogen) atoms. The van der Waals surface area contributed by atoms with Gasteiger partial charge in [-0.1, -0.05) is 120 Å². The number of hydrogen-bond acceptors (Lipinski definition) is 2. The van der Waals surface area contributed by atoms with Crippen molar-refractivity contribution in [2.24, 2.45) is 0 Å². The minimum Gasteiger partial charge on any atom is -0.294 e. The lowest BCUT2D eigenvalue weighted by molar-refractivity contribution is 1.08. The van der Waals surface area contributed by atoms with Gasteiger partial charge in [-0.15, -0.1) is 0 Å². The van der Waals surface area contributed by atoms with Gasteiger partial charge < -0.3 is 0 Å². The summed E-state index contributed by atoms with van der Waals surface area (Å²) in [6, 6.07) is 55.8. The smallest absolute Gasteiger partial charge is 0.265 e. The van der Waals surface area contributed by atoms with E-state index < -0.39 is 0 Å². The summed E-state index contributed by atoms with van der Waals surface area (Å²) in [5.41, 5.74) is 7.96. The van der Waals surface area contributed by atoms with E-state index in [9.17, 15) is 0 Å². The second-order valence-corrected chi connectivity index (χ2v) is 11.5. The molecule has 0 aliphatic rings. The van der Waals surface area contributed by atoms with Crippen LogP contribution < -0.4 is 16.5 Å². The lowest BCUT2D eigenvalue weighted by Gasteiger charge is -2.17. The Morgan fingerprint density at radius 3 is 1.60 bits per heavy atom. The number of hydrogen-bond donors (Lipinski definition) is 0. The average Bonchev–Trinajstić information content (AvgIpc) is 3.62. The van der Waals surface area contributed by atoms with E-state index in [4.69, 9.17) is 9.97 Å². The first kappa shape index (κ1) is 25.6. The molecule has 5 heteroatoms. The van der Waals surface area contributed by atoms with Gasteiger partial charge in [-0.25, -0.2) is 9.97 Å². The maximum Gasteiger partial charge on any atom is 0.265 e. The topological polar surface area (TPSA) is 35.6 Å². The number of fused-ring (bicyclic) bond motifs is 6. The van der Waals surface area contributed by atoms with Gasteiger partial charge in [0.1, 0.15) is 11.6 Å². The van der Waals surface area contributed by atoms with E-state index in [1.807, 2.05) is 18.3 Å². The van der Waals surface area contributed by atoms with E-state index in [0.29, 0.717) is 0 Å². The van der Waals surface area contributed by atoms with E-state index in [0.717, 1.165) is 39.3 Å². The van der Waals surface area contributed by atoms with Crippen LogP contribution in [0.1, 0.15) is 0 Å². The molecule has 0 amide bonds. The molecule has 4 nitrogen and oxygen atoms in total. The molecule has 0 saturated heterocycles. The Balaban J connectivity index is 1.28. The summed E-state index contributed by atoms with van der Waals surface area (Å²) < 4.78 is 4.57. The second-order valence-electron chi connectivity index (χ2n) is 11.5. The molecule has 9 rings (SSSR count). The van der Waals surface area contributed by atoms with Crippen molar-refractivity contribution in [1.82, 2.24) is 19.1 Å². The zero-order chi connectivity index (χ0) is 29.7. The molecule has 0 unspecified atom stereocenters. The third kappa shape index (κ3) is 4.09. The molecular weight excluding hydrogens is 547 g/mol. The Morgan fingerprint density at radius 2 is 0.956 bits per heavy atom. The third-order valence-electron chi connectivity index (χ3n) is 8.90. The Hall–Kier alpha value is -5.94. The van der Waals surface area contributed by atoms with Crippen molar-refractivity contribution in [2.75, 3.05) is 0 Å². The van der Waals surface area contributed by atoms with Crippen LogP contribution in [-0.2, 0) is 0 Å². The van der Waals surface area contributed by atoms with Gasteiger partial charge >= 0.3 is 0 Å². The van der Waals surface area contributed by atoms with Gasteiger partial charge in [-0.2, -0.15) is 0 Å². The second kappa shape index (κ2) is 10.4. The lowest BCUT2D eigenvalue weighted by Crippen LogP contribution is -2.53. The number of benzene rings is 5. The molecule has 0 fully saturated rings. The van der Waals surface area contributed by atoms with Crippen LogP contribution in [0, 0.1) is 0 Å². The Labute approximate surface area is 260 Å². The fourth-order valence-corrected chi connectivity index (χ4v) is 6.97. The summed E-state index contributed by atoms with van der Waals surface area (Å²) in [7, 11) is 0. The van der Waals surface area contributed by atoms with Gasteiger partial charge in [0.2, 0.25) is 0 Å². The van der Waals surface area contributed by atoms with E-state index in [2.05, 4.69) is 155 Å². The lowest BCUT2D eigenvalue weighted by atomic mass is 9.38. The maximum absolute atomic E-state index is 5.42. The summed E-state index contributed by atoms with van der Waals surface area (Å²) in [6.45, 7) is -0.0705. The van der Waals surface area contributed by atoms with Crippen molar-refractivity contribution >= 4 is 66.8 Å². The molecule has 4 heterocycles. The fraction of sp³-hybridized carbons (Fsp3) is 0. The number of nitrogens with zero attached hydrogens (tertiary/aromatic N) is 4. The molecule has 5 aromatic carbocycles. The van der Waals surface area contributed by atoms with Crippen molar-refractivity contribution in [3.05, 3.63) is 164 Å². The van der Waals surface area contributed by atoms with E-state index in [-0.39, 0.29) is 6.71 Å². The van der Waals surface area contributed by atoms with Crippen molar-refractivity contribution < 1.29 is 0 Å². The molecule has 0 bridgehead atoms. The minimum absolute atomic E-state index is 0.0705. The van der Waals surface area contributed by atoms with Crippen LogP contribution in [0.25, 0.3) is 55.2 Å². The first-order chi connectivity index (χ1) is 22.3. The third-order valence-corrected chi connectivity index (χ3v) is 8.90. The molecule has 0 N–H and O–H groups in total. The predicted molar refractivity (Wildman–Crippen MR) is 188 cm³/mol. The largest absolute Gasteiger partial charge is 0.294 e. The van der Waals surface area contributed by atoms with Crippen molar-refractivity contribution in [3.8, 4) is 11.6 Å². The Bertz CT molecular complexity index is 2440. The summed E-state index contributed by atoms with van der Waals surface area (Å²) in [6.07, 6.45) is 1.86. The van der Waals surface area contributed by atoms with Crippen LogP contribution in [0.5, 0.6) is 0 Å². The average molecular weight is 574 g/mol. The Morgan fingerprint density at radius 1 is 0.400 bits per heavy atom. The SMILES string of the molecule is c1ccc(B(c2ccc3c4ccccc4n(-c4ccccn4)c3c2)c2cccc(-n3c4ccccc4c4ccccc43)n2)cc1. The van der Waals surface area contributed by atoms with Crippen LogP contribution in [-0.4, -0.2) is 25.8 Å². The first-order valence-electron chi connectivity index (χ1n) is 15.3. The van der Waals surface area contributed by atoms with Gasteiger partial charge in [-0.05, 0) is 48.5 Å². The van der Waals surface area contributed by atoms with Crippen molar-refractivity contribution in [3.63, 3.8) is 0 Å². The Kier molecular flexibility index (Phi) is 5.88. The normalized spacial score (nSPS) is 11.6. The molecule has 0 saturated carbocycles. The van der Waals surface area contributed by atoms with Gasteiger partial charge in [0.15, 0.2) is 0 Å². The van der Waals surface area contributed by atoms with E-state index >= 15 is 0 Å². The maximum atomic E-state index is 5.42. The highest BCUT2D eigenvalue weighted by Crippen LogP contribution is 2.32. The van der Waals surface area contributed by atoms with Gasteiger partial charge in [0.25, 0.3) is 6.71 Å². The summed E-state index contributed by atoms with van der Waals surface area (Å²) in [5.74, 6) is 1.82. The highest BCUT2D eigenvalue weighted by Gasteiger charge is 2.26. The molecule has 4 aromatic heterocycles. The van der Waals surface area contributed by atoms with Gasteiger partial charge in [-0.3, -0.25) is 9.13 Å². The predicted octanol–water partition coefficient (Wildman–Crippen LogP) is 7.19. The number of pyridine rings is 2. The standard InChI is InChI=1S/C40H27BN4/c1-2-13-28(14-3-1)41(29-24-25-33-32-17-6-9-20-36(32)45(37(33)27-29)39-22-10-11-26-42-39)38-21-12-23-40(43-38)44-34-18-7-4-15-30(34)31-16-5-8-19-35(31)44/h1-27H.